The van der Waals surface area contributed by atoms with Crippen molar-refractivity contribution in [3.63, 3.8) is 0 Å². The highest BCUT2D eigenvalue weighted by Crippen LogP contribution is 2.32. The molecule has 0 aliphatic rings. The minimum atomic E-state index is -4.62. The van der Waals surface area contributed by atoms with E-state index in [4.69, 9.17) is 9.47 Å². The van der Waals surface area contributed by atoms with E-state index in [0.29, 0.717) is 0 Å². The van der Waals surface area contributed by atoms with Crippen LogP contribution in [-0.4, -0.2) is 30.1 Å². The average Bonchev–Trinajstić information content (AvgIpc) is 3.06. The van der Waals surface area contributed by atoms with Gasteiger partial charge < -0.3 is 19.8 Å². The van der Waals surface area contributed by atoms with Crippen LogP contribution in [0.1, 0.15) is 16.2 Å². The number of H-pyrrole nitrogens is 1. The zero-order valence-electron chi connectivity index (χ0n) is 13.8. The number of ether oxygens (including phenoxy) is 2. The summed E-state index contributed by atoms with van der Waals surface area (Å²) >= 11 is 0. The number of fused-ring (bicyclic) bond motifs is 1. The van der Waals surface area contributed by atoms with Crippen molar-refractivity contribution in [2.45, 2.75) is 6.18 Å². The first-order chi connectivity index (χ1) is 12.3. The van der Waals surface area contributed by atoms with Gasteiger partial charge in [0.15, 0.2) is 0 Å². The number of methoxy groups -OCH3 is 2. The second-order valence-corrected chi connectivity index (χ2v) is 5.28. The van der Waals surface area contributed by atoms with Crippen molar-refractivity contribution >= 4 is 22.6 Å². The minimum Gasteiger partial charge on any atom is -0.496 e. The second kappa shape index (κ2) is 6.58. The van der Waals surface area contributed by atoms with Crippen molar-refractivity contribution < 1.29 is 27.4 Å². The van der Waals surface area contributed by atoms with E-state index in [1.54, 1.807) is 18.2 Å². The fourth-order valence-corrected chi connectivity index (χ4v) is 2.53. The van der Waals surface area contributed by atoms with Gasteiger partial charge in [-0.2, -0.15) is 13.2 Å². The molecule has 136 valence electrons. The van der Waals surface area contributed by atoms with Gasteiger partial charge in [-0.1, -0.05) is 12.1 Å². The largest absolute Gasteiger partial charge is 0.496 e. The molecule has 9 heteroatoms. The number of alkyl halides is 3. The van der Waals surface area contributed by atoms with Crippen molar-refractivity contribution in [3.8, 4) is 11.5 Å². The molecule has 1 amide bonds. The molecule has 0 atom stereocenters. The average molecular weight is 365 g/mol. The van der Waals surface area contributed by atoms with Gasteiger partial charge in [-0.05, 0) is 24.3 Å². The summed E-state index contributed by atoms with van der Waals surface area (Å²) in [5.74, 6) is -1.19. The minimum absolute atomic E-state index is 0.00189. The van der Waals surface area contributed by atoms with Crippen LogP contribution in [0.5, 0.6) is 11.5 Å². The van der Waals surface area contributed by atoms with Crippen LogP contribution in [-0.2, 0) is 6.18 Å². The summed E-state index contributed by atoms with van der Waals surface area (Å²) in [5, 5.41) is 2.57. The molecule has 6 nitrogen and oxygen atoms in total. The number of nitrogens with one attached hydrogen (secondary N) is 2. The zero-order valence-corrected chi connectivity index (χ0v) is 13.8. The monoisotopic (exact) mass is 365 g/mol. The molecule has 0 aliphatic carbocycles. The van der Waals surface area contributed by atoms with E-state index in [-0.39, 0.29) is 33.8 Å². The third-order valence-electron chi connectivity index (χ3n) is 3.68. The van der Waals surface area contributed by atoms with Crippen molar-refractivity contribution in [3.05, 3.63) is 47.8 Å². The van der Waals surface area contributed by atoms with Crippen LogP contribution in [0.15, 0.2) is 36.4 Å². The lowest BCUT2D eigenvalue weighted by Crippen LogP contribution is -2.15. The maximum Gasteiger partial charge on any atom is 0.449 e. The first-order valence-electron chi connectivity index (χ1n) is 7.43. The molecule has 0 bridgehead atoms. The van der Waals surface area contributed by atoms with Gasteiger partial charge in [-0.15, -0.1) is 0 Å². The van der Waals surface area contributed by atoms with Crippen LogP contribution in [0.25, 0.3) is 11.0 Å². The number of carbonyl (C=O) groups is 1. The number of nitrogens with zero attached hydrogens (tertiary/aromatic N) is 1. The van der Waals surface area contributed by atoms with Gasteiger partial charge in [0.1, 0.15) is 22.6 Å². The Morgan fingerprint density at radius 3 is 2.27 bits per heavy atom. The summed E-state index contributed by atoms with van der Waals surface area (Å²) in [6, 6.07) is 9.22. The van der Waals surface area contributed by atoms with Crippen LogP contribution in [0.4, 0.5) is 18.9 Å². The number of rotatable bonds is 4. The highest BCUT2D eigenvalue weighted by molar-refractivity contribution is 6.11. The molecule has 0 saturated heterocycles. The Bertz CT molecular complexity index is 945. The summed E-state index contributed by atoms with van der Waals surface area (Å²) in [4.78, 5) is 18.4. The molecule has 0 saturated carbocycles. The Morgan fingerprint density at radius 1 is 1.08 bits per heavy atom. The normalized spacial score (nSPS) is 11.4. The lowest BCUT2D eigenvalue weighted by atomic mass is 10.1. The van der Waals surface area contributed by atoms with Crippen molar-refractivity contribution in [2.24, 2.45) is 0 Å². The van der Waals surface area contributed by atoms with Crippen LogP contribution >= 0.6 is 0 Å². The Labute approximate surface area is 145 Å². The Kier molecular flexibility index (Phi) is 4.45. The molecule has 3 rings (SSSR count). The standard InChI is InChI=1S/C17H14F3N3O3/c1-25-11-7-4-8-12(26-2)13(11)15(24)21-9-5-3-6-10-14(9)23-16(22-10)17(18,19)20/h3-8H,1-2H3,(H,21,24)(H,22,23). The first-order valence-corrected chi connectivity index (χ1v) is 7.43. The van der Waals surface area contributed by atoms with Gasteiger partial charge in [0, 0.05) is 0 Å². The molecular weight excluding hydrogens is 351 g/mol. The number of benzene rings is 2. The van der Waals surface area contributed by atoms with Crippen LogP contribution in [0.2, 0.25) is 0 Å². The molecule has 0 unspecified atom stereocenters. The lowest BCUT2D eigenvalue weighted by molar-refractivity contribution is -0.144. The highest BCUT2D eigenvalue weighted by atomic mass is 19.4. The van der Waals surface area contributed by atoms with Gasteiger partial charge in [-0.25, -0.2) is 4.98 Å². The predicted octanol–water partition coefficient (Wildman–Crippen LogP) is 3.85. The van der Waals surface area contributed by atoms with E-state index >= 15 is 0 Å². The molecule has 0 spiro atoms. The number of anilines is 1. The number of imidazole rings is 1. The number of carbonyl (C=O) groups excluding carboxylic acids is 1. The van der Waals surface area contributed by atoms with Gasteiger partial charge in [-0.3, -0.25) is 4.79 Å². The number of aromatic amines is 1. The van der Waals surface area contributed by atoms with Gasteiger partial charge in [0.05, 0.1) is 25.4 Å². The van der Waals surface area contributed by atoms with Crippen LogP contribution in [0, 0.1) is 0 Å². The summed E-state index contributed by atoms with van der Waals surface area (Å²) in [7, 11) is 2.80. The predicted molar refractivity (Wildman–Crippen MR) is 88.6 cm³/mol. The van der Waals surface area contributed by atoms with Gasteiger partial charge in [0.25, 0.3) is 5.91 Å². The quantitative estimate of drug-likeness (QED) is 0.736. The summed E-state index contributed by atoms with van der Waals surface area (Å²) < 4.78 is 48.9. The number of aromatic nitrogens is 2. The van der Waals surface area contributed by atoms with E-state index in [0.717, 1.165) is 0 Å². The molecule has 0 aliphatic heterocycles. The van der Waals surface area contributed by atoms with Crippen LogP contribution < -0.4 is 14.8 Å². The van der Waals surface area contributed by atoms with Crippen molar-refractivity contribution in [1.82, 2.24) is 9.97 Å². The molecule has 1 heterocycles. The molecular formula is C17H14F3N3O3. The Morgan fingerprint density at radius 2 is 1.69 bits per heavy atom. The van der Waals surface area contributed by atoms with Crippen molar-refractivity contribution in [1.29, 1.82) is 0 Å². The third-order valence-corrected chi connectivity index (χ3v) is 3.68. The smallest absolute Gasteiger partial charge is 0.449 e. The Balaban J connectivity index is 2.02. The molecule has 3 aromatic rings. The van der Waals surface area contributed by atoms with Crippen LogP contribution in [0.3, 0.4) is 0 Å². The number of hydrogen-bond donors (Lipinski definition) is 2. The second-order valence-electron chi connectivity index (χ2n) is 5.28. The van der Waals surface area contributed by atoms with E-state index < -0.39 is 17.9 Å². The summed E-state index contributed by atoms with van der Waals surface area (Å²) in [6.45, 7) is 0. The summed E-state index contributed by atoms with van der Waals surface area (Å²) in [6.07, 6.45) is -4.62. The maximum absolute atomic E-state index is 12.9. The first kappa shape index (κ1) is 17.6. The molecule has 0 fully saturated rings. The molecule has 0 radical (unpaired) electrons. The molecule has 26 heavy (non-hydrogen) atoms. The molecule has 1 aromatic heterocycles. The van der Waals surface area contributed by atoms with E-state index in [2.05, 4.69) is 15.3 Å². The topological polar surface area (TPSA) is 76.2 Å². The van der Waals surface area contributed by atoms with Gasteiger partial charge in [0.2, 0.25) is 5.82 Å². The SMILES string of the molecule is COc1cccc(OC)c1C(=O)Nc1cccc2[nH]c(C(F)(F)F)nc12. The van der Waals surface area contributed by atoms with Gasteiger partial charge >= 0.3 is 6.18 Å². The van der Waals surface area contributed by atoms with E-state index in [1.807, 2.05) is 0 Å². The fourth-order valence-electron chi connectivity index (χ4n) is 2.53. The van der Waals surface area contributed by atoms with Crippen molar-refractivity contribution in [2.75, 3.05) is 19.5 Å². The van der Waals surface area contributed by atoms with E-state index in [1.165, 1.54) is 32.4 Å². The Hall–Kier alpha value is -3.23. The number of amides is 1. The molecule has 2 N–H and O–H groups in total. The fraction of sp³-hybridized carbons (Fsp3) is 0.176. The lowest BCUT2D eigenvalue weighted by Gasteiger charge is -2.13. The number of para-hydroxylation sites is 1. The number of hydrogen-bond acceptors (Lipinski definition) is 4. The third kappa shape index (κ3) is 3.15. The highest BCUT2D eigenvalue weighted by Gasteiger charge is 2.35. The molecule has 2 aromatic carbocycles. The van der Waals surface area contributed by atoms with E-state index in [9.17, 15) is 18.0 Å². The zero-order chi connectivity index (χ0) is 18.9. The maximum atomic E-state index is 12.9. The number of halogens is 3. The summed E-state index contributed by atoms with van der Waals surface area (Å²) in [5.41, 5.74) is 0.414.